The van der Waals surface area contributed by atoms with Crippen LogP contribution in [-0.4, -0.2) is 11.9 Å². The number of hydrogen-bond donors (Lipinski definition) is 2. The Hall–Kier alpha value is -1.51. The summed E-state index contributed by atoms with van der Waals surface area (Å²) in [6, 6.07) is 8.04. The van der Waals surface area contributed by atoms with Crippen LogP contribution in [0.15, 0.2) is 24.3 Å². The molecule has 2 fully saturated rings. The molecular formula is C16H22N2O. The molecular weight excluding hydrogens is 236 g/mol. The largest absolute Gasteiger partial charge is 0.399 e. The molecule has 4 atom stereocenters. The lowest BCUT2D eigenvalue weighted by Crippen LogP contribution is -2.40. The molecule has 3 nitrogen and oxygen atoms in total. The van der Waals surface area contributed by atoms with Gasteiger partial charge in [-0.15, -0.1) is 0 Å². The molecule has 102 valence electrons. The Bertz CT molecular complexity index is 485. The van der Waals surface area contributed by atoms with E-state index in [0.717, 1.165) is 23.1 Å². The van der Waals surface area contributed by atoms with Gasteiger partial charge >= 0.3 is 0 Å². The van der Waals surface area contributed by atoms with Gasteiger partial charge in [0.1, 0.15) is 0 Å². The van der Waals surface area contributed by atoms with Gasteiger partial charge in [-0.2, -0.15) is 0 Å². The summed E-state index contributed by atoms with van der Waals surface area (Å²) < 4.78 is 0. The molecule has 19 heavy (non-hydrogen) atoms. The van der Waals surface area contributed by atoms with E-state index in [1.807, 2.05) is 31.2 Å². The van der Waals surface area contributed by atoms with Crippen LogP contribution < -0.4 is 11.1 Å². The van der Waals surface area contributed by atoms with E-state index >= 15 is 0 Å². The van der Waals surface area contributed by atoms with Crippen LogP contribution in [0.3, 0.4) is 0 Å². The SMILES string of the molecule is CC(C(=O)NC1CC2CCC1C2)c1cccc(N)c1. The average Bonchev–Trinajstić information content (AvgIpc) is 3.00. The van der Waals surface area contributed by atoms with E-state index < -0.39 is 0 Å². The summed E-state index contributed by atoms with van der Waals surface area (Å²) in [5.74, 6) is 1.60. The molecule has 1 aromatic rings. The molecule has 2 aliphatic carbocycles. The minimum Gasteiger partial charge on any atom is -0.399 e. The highest BCUT2D eigenvalue weighted by atomic mass is 16.1. The highest BCUT2D eigenvalue weighted by molar-refractivity contribution is 5.83. The number of benzene rings is 1. The summed E-state index contributed by atoms with van der Waals surface area (Å²) in [5.41, 5.74) is 7.50. The Labute approximate surface area is 114 Å². The predicted molar refractivity (Wildman–Crippen MR) is 76.6 cm³/mol. The lowest BCUT2D eigenvalue weighted by atomic mass is 9.93. The number of amides is 1. The Balaban J connectivity index is 1.64. The highest BCUT2D eigenvalue weighted by Crippen LogP contribution is 2.44. The van der Waals surface area contributed by atoms with Crippen molar-refractivity contribution in [3.8, 4) is 0 Å². The zero-order chi connectivity index (χ0) is 13.4. The number of fused-ring (bicyclic) bond motifs is 2. The number of carbonyl (C=O) groups is 1. The van der Waals surface area contributed by atoms with Crippen molar-refractivity contribution < 1.29 is 4.79 Å². The molecule has 0 heterocycles. The average molecular weight is 258 g/mol. The first-order chi connectivity index (χ1) is 9.13. The maximum Gasteiger partial charge on any atom is 0.227 e. The van der Waals surface area contributed by atoms with E-state index in [4.69, 9.17) is 5.73 Å². The summed E-state index contributed by atoms with van der Waals surface area (Å²) in [4.78, 5) is 12.3. The second kappa shape index (κ2) is 4.87. The summed E-state index contributed by atoms with van der Waals surface area (Å²) in [6.07, 6.45) is 5.15. The third kappa shape index (κ3) is 2.46. The fraction of sp³-hybridized carbons (Fsp3) is 0.562. The Kier molecular flexibility index (Phi) is 3.21. The second-order valence-electron chi connectivity index (χ2n) is 6.18. The molecule has 1 amide bonds. The van der Waals surface area contributed by atoms with E-state index in [1.54, 1.807) is 0 Å². The Morgan fingerprint density at radius 1 is 1.37 bits per heavy atom. The van der Waals surface area contributed by atoms with Gasteiger partial charge in [0, 0.05) is 11.7 Å². The smallest absolute Gasteiger partial charge is 0.227 e. The van der Waals surface area contributed by atoms with Gasteiger partial charge in [0.15, 0.2) is 0 Å². The van der Waals surface area contributed by atoms with Crippen LogP contribution in [0.25, 0.3) is 0 Å². The highest BCUT2D eigenvalue weighted by Gasteiger charge is 2.40. The molecule has 0 spiro atoms. The molecule has 2 bridgehead atoms. The summed E-state index contributed by atoms with van der Waals surface area (Å²) in [6.45, 7) is 1.96. The maximum absolute atomic E-state index is 12.3. The fourth-order valence-electron chi connectivity index (χ4n) is 3.71. The van der Waals surface area contributed by atoms with Gasteiger partial charge in [-0.05, 0) is 55.7 Å². The summed E-state index contributed by atoms with van der Waals surface area (Å²) >= 11 is 0. The second-order valence-corrected chi connectivity index (χ2v) is 6.18. The molecule has 2 aliphatic rings. The number of hydrogen-bond acceptors (Lipinski definition) is 2. The van der Waals surface area contributed by atoms with E-state index in [-0.39, 0.29) is 11.8 Å². The molecule has 4 unspecified atom stereocenters. The Morgan fingerprint density at radius 2 is 2.21 bits per heavy atom. The number of rotatable bonds is 3. The van der Waals surface area contributed by atoms with Gasteiger partial charge < -0.3 is 11.1 Å². The number of nitrogens with one attached hydrogen (secondary N) is 1. The minimum atomic E-state index is -0.123. The minimum absolute atomic E-state index is 0.123. The topological polar surface area (TPSA) is 55.1 Å². The monoisotopic (exact) mass is 258 g/mol. The van der Waals surface area contributed by atoms with Gasteiger partial charge in [-0.25, -0.2) is 0 Å². The van der Waals surface area contributed by atoms with Crippen molar-refractivity contribution in [1.82, 2.24) is 5.32 Å². The Morgan fingerprint density at radius 3 is 2.84 bits per heavy atom. The zero-order valence-corrected chi connectivity index (χ0v) is 11.4. The van der Waals surface area contributed by atoms with Crippen molar-refractivity contribution in [2.45, 2.75) is 44.6 Å². The molecule has 2 saturated carbocycles. The van der Waals surface area contributed by atoms with Crippen LogP contribution in [-0.2, 0) is 4.79 Å². The van der Waals surface area contributed by atoms with Gasteiger partial charge in [0.2, 0.25) is 5.91 Å². The van der Waals surface area contributed by atoms with E-state index in [0.29, 0.717) is 6.04 Å². The molecule has 3 heteroatoms. The number of nitrogens with two attached hydrogens (primary N) is 1. The first-order valence-corrected chi connectivity index (χ1v) is 7.29. The first-order valence-electron chi connectivity index (χ1n) is 7.29. The van der Waals surface area contributed by atoms with Crippen molar-refractivity contribution in [2.24, 2.45) is 11.8 Å². The van der Waals surface area contributed by atoms with Crippen LogP contribution >= 0.6 is 0 Å². The summed E-state index contributed by atoms with van der Waals surface area (Å²) in [7, 11) is 0. The maximum atomic E-state index is 12.3. The molecule has 0 saturated heterocycles. The van der Waals surface area contributed by atoms with E-state index in [2.05, 4.69) is 5.32 Å². The fourth-order valence-corrected chi connectivity index (χ4v) is 3.71. The van der Waals surface area contributed by atoms with Gasteiger partial charge in [0.25, 0.3) is 0 Å². The number of anilines is 1. The van der Waals surface area contributed by atoms with E-state index in [1.165, 1.54) is 25.7 Å². The van der Waals surface area contributed by atoms with Crippen LogP contribution in [0.4, 0.5) is 5.69 Å². The predicted octanol–water partition coefficient (Wildman–Crippen LogP) is 2.68. The van der Waals surface area contributed by atoms with Crippen molar-refractivity contribution in [2.75, 3.05) is 5.73 Å². The van der Waals surface area contributed by atoms with Crippen molar-refractivity contribution in [3.05, 3.63) is 29.8 Å². The van der Waals surface area contributed by atoms with Crippen LogP contribution in [0, 0.1) is 11.8 Å². The summed E-state index contributed by atoms with van der Waals surface area (Å²) in [5, 5.41) is 3.25. The normalized spacial score (nSPS) is 30.3. The number of nitrogen functional groups attached to an aromatic ring is 1. The molecule has 0 aromatic heterocycles. The quantitative estimate of drug-likeness (QED) is 0.819. The van der Waals surface area contributed by atoms with Crippen LogP contribution in [0.5, 0.6) is 0 Å². The van der Waals surface area contributed by atoms with E-state index in [9.17, 15) is 4.79 Å². The van der Waals surface area contributed by atoms with Crippen molar-refractivity contribution in [1.29, 1.82) is 0 Å². The van der Waals surface area contributed by atoms with Gasteiger partial charge in [-0.1, -0.05) is 18.6 Å². The van der Waals surface area contributed by atoms with Crippen LogP contribution in [0.1, 0.15) is 44.1 Å². The zero-order valence-electron chi connectivity index (χ0n) is 11.4. The van der Waals surface area contributed by atoms with Crippen LogP contribution in [0.2, 0.25) is 0 Å². The first kappa shape index (κ1) is 12.5. The molecule has 3 N–H and O–H groups in total. The molecule has 0 radical (unpaired) electrons. The number of carbonyl (C=O) groups excluding carboxylic acids is 1. The molecule has 0 aliphatic heterocycles. The lowest BCUT2D eigenvalue weighted by Gasteiger charge is -2.24. The third-order valence-corrected chi connectivity index (χ3v) is 4.87. The van der Waals surface area contributed by atoms with Crippen molar-refractivity contribution in [3.63, 3.8) is 0 Å². The molecule has 1 aromatic carbocycles. The third-order valence-electron chi connectivity index (χ3n) is 4.87. The van der Waals surface area contributed by atoms with Gasteiger partial charge in [0.05, 0.1) is 5.92 Å². The molecule has 3 rings (SSSR count). The van der Waals surface area contributed by atoms with Crippen molar-refractivity contribution >= 4 is 11.6 Å². The standard InChI is InChI=1S/C16H22N2O/c1-10(12-3-2-4-14(17)9-12)16(19)18-15-8-11-5-6-13(15)7-11/h2-4,9-11,13,15H,5-8,17H2,1H3,(H,18,19). The van der Waals surface area contributed by atoms with Gasteiger partial charge in [-0.3, -0.25) is 4.79 Å². The lowest BCUT2D eigenvalue weighted by molar-refractivity contribution is -0.123.